The maximum atomic E-state index is 11.8. The summed E-state index contributed by atoms with van der Waals surface area (Å²) < 4.78 is 23.0. The van der Waals surface area contributed by atoms with Crippen LogP contribution in [0.1, 0.15) is 26.7 Å². The lowest BCUT2D eigenvalue weighted by atomic mass is 10.1. The van der Waals surface area contributed by atoms with Crippen molar-refractivity contribution >= 4 is 15.7 Å². The fraction of sp³-hybridized carbons (Fsp3) is 0.900. The lowest BCUT2D eigenvalue weighted by molar-refractivity contribution is -0.132. The Morgan fingerprint density at radius 3 is 2.53 bits per heavy atom. The minimum absolute atomic E-state index is 0.0359. The number of carbonyl (C=O) groups excluding carboxylic acids is 1. The first-order chi connectivity index (χ1) is 6.90. The third kappa shape index (κ3) is 1.89. The van der Waals surface area contributed by atoms with Crippen LogP contribution in [0.3, 0.4) is 0 Å². The van der Waals surface area contributed by atoms with Crippen molar-refractivity contribution < 1.29 is 13.2 Å². The number of amides is 1. The molecule has 2 saturated heterocycles. The van der Waals surface area contributed by atoms with Crippen molar-refractivity contribution in [2.75, 3.05) is 12.3 Å². The van der Waals surface area contributed by atoms with Crippen molar-refractivity contribution in [3.05, 3.63) is 0 Å². The van der Waals surface area contributed by atoms with Crippen LogP contribution >= 0.6 is 0 Å². The van der Waals surface area contributed by atoms with Crippen LogP contribution in [0.15, 0.2) is 0 Å². The van der Waals surface area contributed by atoms with E-state index in [9.17, 15) is 13.2 Å². The van der Waals surface area contributed by atoms with Crippen LogP contribution in [0.25, 0.3) is 0 Å². The largest absolute Gasteiger partial charge is 0.337 e. The van der Waals surface area contributed by atoms with Gasteiger partial charge in [-0.2, -0.15) is 0 Å². The van der Waals surface area contributed by atoms with Crippen molar-refractivity contribution in [2.24, 2.45) is 5.92 Å². The average molecular weight is 231 g/mol. The van der Waals surface area contributed by atoms with E-state index in [4.69, 9.17) is 0 Å². The summed E-state index contributed by atoms with van der Waals surface area (Å²) in [6.45, 7) is 4.44. The normalized spacial score (nSPS) is 32.6. The fourth-order valence-electron chi connectivity index (χ4n) is 2.47. The van der Waals surface area contributed by atoms with E-state index in [0.717, 1.165) is 0 Å². The molecule has 0 N–H and O–H groups in total. The summed E-state index contributed by atoms with van der Waals surface area (Å²) in [6.07, 6.45) is 1.19. The minimum Gasteiger partial charge on any atom is -0.337 e. The van der Waals surface area contributed by atoms with Gasteiger partial charge in [-0.15, -0.1) is 0 Å². The minimum atomic E-state index is -2.88. The second-order valence-corrected chi connectivity index (χ2v) is 7.31. The molecule has 2 heterocycles. The van der Waals surface area contributed by atoms with Crippen LogP contribution in [0.4, 0.5) is 0 Å². The van der Waals surface area contributed by atoms with Crippen LogP contribution in [0, 0.1) is 5.92 Å². The average Bonchev–Trinajstić information content (AvgIpc) is 2.56. The third-order valence-electron chi connectivity index (χ3n) is 3.21. The van der Waals surface area contributed by atoms with E-state index < -0.39 is 9.84 Å². The number of likely N-dealkylation sites (tertiary alicyclic amines) is 1. The molecule has 0 spiro atoms. The Morgan fingerprint density at radius 2 is 2.13 bits per heavy atom. The standard InChI is InChI=1S/C10H17NO3S/c1-7(2)3-10(12)11-5-9-4-8(11)6-15(9,13)14/h7-9H,3-6H2,1-2H3. The van der Waals surface area contributed by atoms with Crippen LogP contribution < -0.4 is 0 Å². The summed E-state index contributed by atoms with van der Waals surface area (Å²) in [5.41, 5.74) is 0. The van der Waals surface area contributed by atoms with E-state index in [1.807, 2.05) is 13.8 Å². The van der Waals surface area contributed by atoms with Crippen LogP contribution in [0.2, 0.25) is 0 Å². The number of sulfone groups is 1. The number of fused-ring (bicyclic) bond motifs is 2. The Kier molecular flexibility index (Phi) is 2.53. The first-order valence-corrected chi connectivity index (χ1v) is 7.12. The highest BCUT2D eigenvalue weighted by Gasteiger charge is 2.49. The van der Waals surface area contributed by atoms with Crippen LogP contribution in [-0.2, 0) is 14.6 Å². The van der Waals surface area contributed by atoms with E-state index in [1.165, 1.54) is 0 Å². The van der Waals surface area contributed by atoms with Crippen molar-refractivity contribution in [3.8, 4) is 0 Å². The molecule has 0 saturated carbocycles. The summed E-state index contributed by atoms with van der Waals surface area (Å²) in [7, 11) is -2.88. The molecule has 5 heteroatoms. The van der Waals surface area contributed by atoms with Gasteiger partial charge in [0.15, 0.2) is 9.84 Å². The van der Waals surface area contributed by atoms with Gasteiger partial charge in [-0.1, -0.05) is 13.8 Å². The van der Waals surface area contributed by atoms with Gasteiger partial charge in [0.05, 0.1) is 11.0 Å². The van der Waals surface area contributed by atoms with E-state index in [-0.39, 0.29) is 23.0 Å². The van der Waals surface area contributed by atoms with Gasteiger partial charge >= 0.3 is 0 Å². The second kappa shape index (κ2) is 3.47. The molecule has 2 bridgehead atoms. The predicted octanol–water partition coefficient (Wildman–Crippen LogP) is 0.430. The monoisotopic (exact) mass is 231 g/mol. The highest BCUT2D eigenvalue weighted by Crippen LogP contribution is 2.33. The maximum Gasteiger partial charge on any atom is 0.223 e. The zero-order chi connectivity index (χ0) is 11.2. The summed E-state index contributed by atoms with van der Waals surface area (Å²) in [5, 5.41) is -0.279. The van der Waals surface area contributed by atoms with Gasteiger partial charge in [-0.25, -0.2) is 8.42 Å². The van der Waals surface area contributed by atoms with E-state index >= 15 is 0 Å². The number of nitrogens with zero attached hydrogens (tertiary/aromatic N) is 1. The molecular weight excluding hydrogens is 214 g/mol. The molecule has 15 heavy (non-hydrogen) atoms. The fourth-order valence-corrected chi connectivity index (χ4v) is 4.50. The summed E-state index contributed by atoms with van der Waals surface area (Å²) >= 11 is 0. The number of hydrogen-bond acceptors (Lipinski definition) is 3. The number of hydrogen-bond donors (Lipinski definition) is 0. The molecule has 2 aliphatic rings. The number of rotatable bonds is 2. The van der Waals surface area contributed by atoms with Gasteiger partial charge in [-0.3, -0.25) is 4.79 Å². The molecule has 0 aromatic rings. The van der Waals surface area contributed by atoms with Gasteiger partial charge in [0, 0.05) is 19.0 Å². The zero-order valence-electron chi connectivity index (χ0n) is 9.14. The lowest BCUT2D eigenvalue weighted by Gasteiger charge is -2.27. The molecule has 1 amide bonds. The molecular formula is C10H17NO3S. The van der Waals surface area contributed by atoms with Gasteiger partial charge < -0.3 is 4.90 Å². The van der Waals surface area contributed by atoms with Gasteiger partial charge in [0.1, 0.15) is 0 Å². The first-order valence-electron chi connectivity index (χ1n) is 5.41. The second-order valence-electron chi connectivity index (χ2n) is 4.99. The Labute approximate surface area is 90.6 Å². The Balaban J connectivity index is 2.03. The Morgan fingerprint density at radius 1 is 1.47 bits per heavy atom. The van der Waals surface area contributed by atoms with E-state index in [2.05, 4.69) is 0 Å². The van der Waals surface area contributed by atoms with Crippen molar-refractivity contribution in [1.82, 2.24) is 4.90 Å². The molecule has 2 aliphatic heterocycles. The maximum absolute atomic E-state index is 11.8. The van der Waals surface area contributed by atoms with E-state index in [0.29, 0.717) is 25.3 Å². The first kappa shape index (κ1) is 10.9. The highest BCUT2D eigenvalue weighted by molar-refractivity contribution is 7.92. The van der Waals surface area contributed by atoms with Crippen LogP contribution in [-0.4, -0.2) is 42.8 Å². The van der Waals surface area contributed by atoms with Gasteiger partial charge in [-0.05, 0) is 12.3 Å². The van der Waals surface area contributed by atoms with Gasteiger partial charge in [0.2, 0.25) is 5.91 Å². The third-order valence-corrected chi connectivity index (χ3v) is 5.42. The molecule has 0 radical (unpaired) electrons. The summed E-state index contributed by atoms with van der Waals surface area (Å²) in [5.74, 6) is 0.641. The predicted molar refractivity (Wildman–Crippen MR) is 57.1 cm³/mol. The molecule has 2 fully saturated rings. The molecule has 86 valence electrons. The Bertz CT molecular complexity index is 374. The smallest absolute Gasteiger partial charge is 0.223 e. The topological polar surface area (TPSA) is 54.5 Å². The van der Waals surface area contributed by atoms with Crippen molar-refractivity contribution in [2.45, 2.75) is 38.0 Å². The van der Waals surface area contributed by atoms with Gasteiger partial charge in [0.25, 0.3) is 0 Å². The lowest BCUT2D eigenvalue weighted by Crippen LogP contribution is -2.44. The number of carbonyl (C=O) groups is 1. The molecule has 0 aliphatic carbocycles. The highest BCUT2D eigenvalue weighted by atomic mass is 32.2. The molecule has 2 unspecified atom stereocenters. The summed E-state index contributed by atoms with van der Waals surface area (Å²) in [4.78, 5) is 13.6. The molecule has 2 atom stereocenters. The van der Waals surface area contributed by atoms with Crippen molar-refractivity contribution in [3.63, 3.8) is 0 Å². The van der Waals surface area contributed by atoms with E-state index in [1.54, 1.807) is 4.90 Å². The molecule has 2 rings (SSSR count). The Hall–Kier alpha value is -0.580. The quantitative estimate of drug-likeness (QED) is 0.692. The SMILES string of the molecule is CC(C)CC(=O)N1CC2CC1CS2(=O)=O. The van der Waals surface area contributed by atoms with Crippen LogP contribution in [0.5, 0.6) is 0 Å². The molecule has 0 aromatic carbocycles. The molecule has 4 nitrogen and oxygen atoms in total. The zero-order valence-corrected chi connectivity index (χ0v) is 9.96. The summed E-state index contributed by atoms with van der Waals surface area (Å²) in [6, 6.07) is -0.0359. The molecule has 0 aromatic heterocycles. The van der Waals surface area contributed by atoms with Crippen molar-refractivity contribution in [1.29, 1.82) is 0 Å².